The van der Waals surface area contributed by atoms with Crippen LogP contribution in [0.5, 0.6) is 0 Å². The van der Waals surface area contributed by atoms with E-state index in [0.29, 0.717) is 26.2 Å². The highest BCUT2D eigenvalue weighted by Crippen LogP contribution is 2.43. The van der Waals surface area contributed by atoms with E-state index in [4.69, 9.17) is 0 Å². The molecule has 1 amide bonds. The Balaban J connectivity index is 1.74. The molecule has 0 aliphatic carbocycles. The highest BCUT2D eigenvalue weighted by Gasteiger charge is 2.58. The van der Waals surface area contributed by atoms with Crippen LogP contribution in [0.4, 0.5) is 0 Å². The average Bonchev–Trinajstić information content (AvgIpc) is 3.12. The van der Waals surface area contributed by atoms with E-state index in [1.165, 1.54) is 0 Å². The molecule has 2 saturated heterocycles. The molecule has 7 nitrogen and oxygen atoms in total. The third-order valence-corrected chi connectivity index (χ3v) is 4.76. The lowest BCUT2D eigenvalue weighted by molar-refractivity contribution is -0.149. The zero-order valence-electron chi connectivity index (χ0n) is 13.5. The summed E-state index contributed by atoms with van der Waals surface area (Å²) >= 11 is 0. The van der Waals surface area contributed by atoms with Gasteiger partial charge in [0.05, 0.1) is 6.54 Å². The number of carboxylic acids is 1. The first-order valence-corrected chi connectivity index (χ1v) is 7.78. The van der Waals surface area contributed by atoms with E-state index in [2.05, 4.69) is 14.9 Å². The van der Waals surface area contributed by atoms with Crippen LogP contribution >= 0.6 is 0 Å². The zero-order valence-corrected chi connectivity index (χ0v) is 13.5. The van der Waals surface area contributed by atoms with E-state index in [1.807, 2.05) is 13.8 Å². The third kappa shape index (κ3) is 2.88. The molecule has 0 aromatic carbocycles. The smallest absolute Gasteiger partial charge is 0.313 e. The van der Waals surface area contributed by atoms with Gasteiger partial charge < -0.3 is 15.0 Å². The molecule has 0 bridgehead atoms. The van der Waals surface area contributed by atoms with Crippen molar-refractivity contribution in [2.45, 2.75) is 20.4 Å². The minimum atomic E-state index is -0.863. The van der Waals surface area contributed by atoms with Gasteiger partial charge in [-0.2, -0.15) is 0 Å². The molecule has 0 spiro atoms. The number of likely N-dealkylation sites (tertiary alicyclic amines) is 2. The van der Waals surface area contributed by atoms with Crippen molar-refractivity contribution in [3.05, 3.63) is 29.9 Å². The van der Waals surface area contributed by atoms with Crippen LogP contribution in [0.1, 0.15) is 19.7 Å². The van der Waals surface area contributed by atoms with Gasteiger partial charge in [-0.15, -0.1) is 0 Å². The lowest BCUT2D eigenvalue weighted by atomic mass is 9.81. The molecule has 23 heavy (non-hydrogen) atoms. The largest absolute Gasteiger partial charge is 0.481 e. The lowest BCUT2D eigenvalue weighted by Gasteiger charge is -2.24. The molecule has 2 aliphatic rings. The topological polar surface area (TPSA) is 89.5 Å². The normalized spacial score (nSPS) is 27.0. The Bertz CT molecular complexity index is 636. The van der Waals surface area contributed by atoms with Gasteiger partial charge >= 0.3 is 5.97 Å². The highest BCUT2D eigenvalue weighted by molar-refractivity contribution is 5.89. The fourth-order valence-electron chi connectivity index (χ4n) is 3.69. The first kappa shape index (κ1) is 15.7. The van der Waals surface area contributed by atoms with Crippen molar-refractivity contribution in [1.29, 1.82) is 0 Å². The molecule has 2 N–H and O–H groups in total. The molecule has 1 aromatic heterocycles. The Morgan fingerprint density at radius 1 is 1.43 bits per heavy atom. The van der Waals surface area contributed by atoms with E-state index in [0.717, 1.165) is 11.4 Å². The van der Waals surface area contributed by atoms with Crippen LogP contribution in [-0.2, 0) is 16.1 Å². The van der Waals surface area contributed by atoms with Crippen molar-refractivity contribution in [3.63, 3.8) is 0 Å². The minimum absolute atomic E-state index is 0.0375. The van der Waals surface area contributed by atoms with Crippen LogP contribution in [0.2, 0.25) is 0 Å². The number of amides is 1. The number of hydrogen-bond donors (Lipinski definition) is 2. The molecule has 3 heterocycles. The van der Waals surface area contributed by atoms with Crippen molar-refractivity contribution in [3.8, 4) is 0 Å². The van der Waals surface area contributed by atoms with Gasteiger partial charge in [0, 0.05) is 50.6 Å². The maximum absolute atomic E-state index is 12.2. The van der Waals surface area contributed by atoms with E-state index in [-0.39, 0.29) is 18.4 Å². The number of aromatic amines is 1. The number of nitrogens with one attached hydrogen (secondary N) is 1. The Kier molecular flexibility index (Phi) is 3.97. The average molecular weight is 318 g/mol. The molecule has 1 aromatic rings. The van der Waals surface area contributed by atoms with Crippen LogP contribution in [0, 0.1) is 11.3 Å². The standard InChI is InChI=1S/C16H22N4O3/c1-11(2)5-14(21)20-7-12-6-19(8-13-17-3-4-18-13)9-16(12,10-20)15(22)23/h3-5,12H,6-10H2,1-2H3,(H,17,18)(H,22,23). The van der Waals surface area contributed by atoms with Gasteiger partial charge in [-0.05, 0) is 13.8 Å². The third-order valence-electron chi connectivity index (χ3n) is 4.76. The summed E-state index contributed by atoms with van der Waals surface area (Å²) in [5.41, 5.74) is 0.0634. The Morgan fingerprint density at radius 2 is 2.22 bits per heavy atom. The maximum Gasteiger partial charge on any atom is 0.313 e. The van der Waals surface area contributed by atoms with Crippen molar-refractivity contribution in [2.75, 3.05) is 26.2 Å². The Morgan fingerprint density at radius 3 is 2.78 bits per heavy atom. The number of nitrogens with zero attached hydrogens (tertiary/aromatic N) is 3. The summed E-state index contributed by atoms with van der Waals surface area (Å²) in [6.07, 6.45) is 5.04. The van der Waals surface area contributed by atoms with Gasteiger partial charge in [-0.1, -0.05) is 5.57 Å². The maximum atomic E-state index is 12.2. The second-order valence-electron chi connectivity index (χ2n) is 6.80. The molecule has 124 valence electrons. The monoisotopic (exact) mass is 318 g/mol. The molecule has 0 saturated carbocycles. The number of hydrogen-bond acceptors (Lipinski definition) is 4. The van der Waals surface area contributed by atoms with E-state index < -0.39 is 11.4 Å². The number of aliphatic carboxylic acids is 1. The molecule has 2 unspecified atom stereocenters. The SMILES string of the molecule is CC(C)=CC(=O)N1CC2CN(Cc3ncc[nH]3)CC2(C(=O)O)C1. The molecular formula is C16H22N4O3. The van der Waals surface area contributed by atoms with Crippen LogP contribution < -0.4 is 0 Å². The van der Waals surface area contributed by atoms with Gasteiger partial charge in [-0.25, -0.2) is 4.98 Å². The molecule has 2 fully saturated rings. The number of carbonyl (C=O) groups is 2. The predicted molar refractivity (Wildman–Crippen MR) is 83.4 cm³/mol. The summed E-state index contributed by atoms with van der Waals surface area (Å²) < 4.78 is 0. The number of imidazole rings is 1. The second-order valence-corrected chi connectivity index (χ2v) is 6.80. The van der Waals surface area contributed by atoms with Gasteiger partial charge in [0.2, 0.25) is 5.91 Å². The quantitative estimate of drug-likeness (QED) is 0.799. The van der Waals surface area contributed by atoms with Crippen LogP contribution in [0.15, 0.2) is 24.0 Å². The fraction of sp³-hybridized carbons (Fsp3) is 0.562. The molecule has 0 radical (unpaired) electrons. The van der Waals surface area contributed by atoms with Gasteiger partial charge in [0.15, 0.2) is 0 Å². The fourth-order valence-corrected chi connectivity index (χ4v) is 3.69. The summed E-state index contributed by atoms with van der Waals surface area (Å²) in [7, 11) is 0. The van der Waals surface area contributed by atoms with Crippen molar-refractivity contribution >= 4 is 11.9 Å². The number of aromatic nitrogens is 2. The molecule has 3 rings (SSSR count). The molecular weight excluding hydrogens is 296 g/mol. The number of allylic oxidation sites excluding steroid dienone is 1. The number of carboxylic acid groups (broad SMARTS) is 1. The number of fused-ring (bicyclic) bond motifs is 1. The van der Waals surface area contributed by atoms with Gasteiger partial charge in [0.25, 0.3) is 0 Å². The van der Waals surface area contributed by atoms with E-state index in [1.54, 1.807) is 23.4 Å². The molecule has 2 atom stereocenters. The lowest BCUT2D eigenvalue weighted by Crippen LogP contribution is -2.41. The molecule has 2 aliphatic heterocycles. The van der Waals surface area contributed by atoms with Crippen molar-refractivity contribution in [1.82, 2.24) is 19.8 Å². The first-order valence-electron chi connectivity index (χ1n) is 7.78. The van der Waals surface area contributed by atoms with Gasteiger partial charge in [-0.3, -0.25) is 14.5 Å². The summed E-state index contributed by atoms with van der Waals surface area (Å²) in [6.45, 7) is 6.26. The Labute approximate surface area is 135 Å². The van der Waals surface area contributed by atoms with Crippen LogP contribution in [-0.4, -0.2) is 62.9 Å². The first-order chi connectivity index (χ1) is 10.9. The summed E-state index contributed by atoms with van der Waals surface area (Å²) in [5.74, 6) is -0.0954. The van der Waals surface area contributed by atoms with Crippen molar-refractivity contribution in [2.24, 2.45) is 11.3 Å². The van der Waals surface area contributed by atoms with Gasteiger partial charge in [0.1, 0.15) is 11.2 Å². The summed E-state index contributed by atoms with van der Waals surface area (Å²) in [5, 5.41) is 9.80. The second kappa shape index (κ2) is 5.81. The minimum Gasteiger partial charge on any atom is -0.481 e. The number of H-pyrrole nitrogens is 1. The van der Waals surface area contributed by atoms with E-state index in [9.17, 15) is 14.7 Å². The summed E-state index contributed by atoms with van der Waals surface area (Å²) in [6, 6.07) is 0. The Hall–Kier alpha value is -2.15. The highest BCUT2D eigenvalue weighted by atomic mass is 16.4. The van der Waals surface area contributed by atoms with E-state index >= 15 is 0 Å². The number of carbonyl (C=O) groups excluding carboxylic acids is 1. The summed E-state index contributed by atoms with van der Waals surface area (Å²) in [4.78, 5) is 35.2. The van der Waals surface area contributed by atoms with Crippen LogP contribution in [0.3, 0.4) is 0 Å². The number of rotatable bonds is 4. The zero-order chi connectivity index (χ0) is 16.6. The predicted octanol–water partition coefficient (Wildman–Crippen LogP) is 0.721. The molecule has 7 heteroatoms. The van der Waals surface area contributed by atoms with Crippen LogP contribution in [0.25, 0.3) is 0 Å². The van der Waals surface area contributed by atoms with Crippen molar-refractivity contribution < 1.29 is 14.7 Å².